The summed E-state index contributed by atoms with van der Waals surface area (Å²) in [5.41, 5.74) is 0.265. The SMILES string of the molecule is CC(C(=O)O)=C(C)C(=O)NCc1nccs1. The maximum atomic E-state index is 11.5. The molecule has 5 nitrogen and oxygen atoms in total. The molecule has 2 N–H and O–H groups in total. The van der Waals surface area contributed by atoms with E-state index in [2.05, 4.69) is 10.3 Å². The summed E-state index contributed by atoms with van der Waals surface area (Å²) in [7, 11) is 0. The molecule has 16 heavy (non-hydrogen) atoms. The van der Waals surface area contributed by atoms with Crippen molar-refractivity contribution in [2.75, 3.05) is 0 Å². The molecule has 0 saturated heterocycles. The largest absolute Gasteiger partial charge is 0.478 e. The zero-order chi connectivity index (χ0) is 12.1. The van der Waals surface area contributed by atoms with E-state index in [9.17, 15) is 9.59 Å². The number of hydrogen-bond acceptors (Lipinski definition) is 4. The van der Waals surface area contributed by atoms with E-state index in [0.29, 0.717) is 6.54 Å². The lowest BCUT2D eigenvalue weighted by molar-refractivity contribution is -0.133. The summed E-state index contributed by atoms with van der Waals surface area (Å²) in [6, 6.07) is 0. The van der Waals surface area contributed by atoms with Crippen molar-refractivity contribution in [2.45, 2.75) is 20.4 Å². The summed E-state index contributed by atoms with van der Waals surface area (Å²) in [4.78, 5) is 26.2. The molecule has 1 aromatic heterocycles. The van der Waals surface area contributed by atoms with E-state index < -0.39 is 5.97 Å². The Labute approximate surface area is 96.8 Å². The highest BCUT2D eigenvalue weighted by Gasteiger charge is 2.12. The summed E-state index contributed by atoms with van der Waals surface area (Å²) in [6.45, 7) is 3.21. The van der Waals surface area contributed by atoms with Gasteiger partial charge in [-0.2, -0.15) is 0 Å². The number of nitrogens with zero attached hydrogens (tertiary/aromatic N) is 1. The first-order valence-corrected chi connectivity index (χ1v) is 5.47. The van der Waals surface area contributed by atoms with E-state index in [4.69, 9.17) is 5.11 Å². The summed E-state index contributed by atoms with van der Waals surface area (Å²) >= 11 is 1.43. The highest BCUT2D eigenvalue weighted by atomic mass is 32.1. The Hall–Kier alpha value is -1.69. The highest BCUT2D eigenvalue weighted by molar-refractivity contribution is 7.09. The highest BCUT2D eigenvalue weighted by Crippen LogP contribution is 2.06. The fraction of sp³-hybridized carbons (Fsp3) is 0.300. The number of amides is 1. The van der Waals surface area contributed by atoms with Crippen LogP contribution in [0.15, 0.2) is 22.7 Å². The molecule has 1 rings (SSSR count). The Balaban J connectivity index is 2.59. The number of carboxylic acid groups (broad SMARTS) is 1. The van der Waals surface area contributed by atoms with Gasteiger partial charge in [0.25, 0.3) is 0 Å². The molecule has 0 bridgehead atoms. The molecule has 6 heteroatoms. The van der Waals surface area contributed by atoms with Crippen molar-refractivity contribution in [3.05, 3.63) is 27.7 Å². The Morgan fingerprint density at radius 3 is 2.62 bits per heavy atom. The molecular weight excluding hydrogens is 228 g/mol. The topological polar surface area (TPSA) is 79.3 Å². The molecular formula is C10H12N2O3S. The van der Waals surface area contributed by atoms with Gasteiger partial charge in [0.1, 0.15) is 5.01 Å². The zero-order valence-electron chi connectivity index (χ0n) is 8.98. The number of carbonyl (C=O) groups is 2. The average molecular weight is 240 g/mol. The second-order valence-corrected chi connectivity index (χ2v) is 4.14. The number of carboxylic acids is 1. The van der Waals surface area contributed by atoms with Crippen LogP contribution in [0.1, 0.15) is 18.9 Å². The number of nitrogens with one attached hydrogen (secondary N) is 1. The molecule has 0 aliphatic carbocycles. The Morgan fingerprint density at radius 1 is 1.44 bits per heavy atom. The molecule has 1 amide bonds. The number of thiazole rings is 1. The number of aliphatic carboxylic acids is 1. The molecule has 0 radical (unpaired) electrons. The van der Waals surface area contributed by atoms with Crippen LogP contribution in [0.4, 0.5) is 0 Å². The van der Waals surface area contributed by atoms with E-state index in [0.717, 1.165) is 5.01 Å². The molecule has 0 aromatic carbocycles. The van der Waals surface area contributed by atoms with Crippen LogP contribution in [0.2, 0.25) is 0 Å². The molecule has 86 valence electrons. The van der Waals surface area contributed by atoms with Gasteiger partial charge in [0, 0.05) is 22.7 Å². The minimum atomic E-state index is -1.08. The molecule has 0 aliphatic rings. The summed E-state index contributed by atoms with van der Waals surface area (Å²) in [6.07, 6.45) is 1.65. The Kier molecular flexibility index (Phi) is 4.19. The number of hydrogen-bond donors (Lipinski definition) is 2. The Bertz CT molecular complexity index is 423. The third kappa shape index (κ3) is 3.16. The van der Waals surface area contributed by atoms with E-state index in [1.807, 2.05) is 5.38 Å². The Morgan fingerprint density at radius 2 is 2.12 bits per heavy atom. The minimum absolute atomic E-state index is 0.0524. The normalized spacial score (nSPS) is 11.9. The lowest BCUT2D eigenvalue weighted by atomic mass is 10.1. The van der Waals surface area contributed by atoms with Crippen LogP contribution in [-0.2, 0) is 16.1 Å². The van der Waals surface area contributed by atoms with Gasteiger partial charge in [-0.05, 0) is 13.8 Å². The van der Waals surface area contributed by atoms with Crippen LogP contribution in [0.3, 0.4) is 0 Å². The van der Waals surface area contributed by atoms with Crippen molar-refractivity contribution in [1.82, 2.24) is 10.3 Å². The van der Waals surface area contributed by atoms with Crippen LogP contribution < -0.4 is 5.32 Å². The second kappa shape index (κ2) is 5.41. The zero-order valence-corrected chi connectivity index (χ0v) is 9.80. The minimum Gasteiger partial charge on any atom is -0.478 e. The van der Waals surface area contributed by atoms with Gasteiger partial charge < -0.3 is 10.4 Å². The van der Waals surface area contributed by atoms with Gasteiger partial charge in [0.15, 0.2) is 0 Å². The molecule has 0 aliphatic heterocycles. The average Bonchev–Trinajstić information content (AvgIpc) is 2.76. The molecule has 0 atom stereocenters. The molecule has 0 spiro atoms. The van der Waals surface area contributed by atoms with Crippen LogP contribution in [0.5, 0.6) is 0 Å². The van der Waals surface area contributed by atoms with Crippen molar-refractivity contribution >= 4 is 23.2 Å². The van der Waals surface area contributed by atoms with E-state index in [1.54, 1.807) is 6.20 Å². The summed E-state index contributed by atoms with van der Waals surface area (Å²) < 4.78 is 0. The van der Waals surface area contributed by atoms with Gasteiger partial charge in [-0.25, -0.2) is 9.78 Å². The fourth-order valence-corrected chi connectivity index (χ4v) is 1.52. The third-order valence-electron chi connectivity index (χ3n) is 2.11. The lowest BCUT2D eigenvalue weighted by Crippen LogP contribution is -2.25. The van der Waals surface area contributed by atoms with E-state index >= 15 is 0 Å². The van der Waals surface area contributed by atoms with Gasteiger partial charge in [-0.3, -0.25) is 4.79 Å². The maximum Gasteiger partial charge on any atom is 0.331 e. The molecule has 0 unspecified atom stereocenters. The maximum absolute atomic E-state index is 11.5. The standard InChI is InChI=1S/C10H12N2O3S/c1-6(7(2)10(14)15)9(13)12-5-8-11-3-4-16-8/h3-4H,5H2,1-2H3,(H,12,13)(H,14,15). The first-order chi connectivity index (χ1) is 7.52. The van der Waals surface area contributed by atoms with Crippen molar-refractivity contribution in [2.24, 2.45) is 0 Å². The third-order valence-corrected chi connectivity index (χ3v) is 2.89. The van der Waals surface area contributed by atoms with E-state index in [-0.39, 0.29) is 17.1 Å². The van der Waals surface area contributed by atoms with Crippen LogP contribution in [-0.4, -0.2) is 22.0 Å². The summed E-state index contributed by atoms with van der Waals surface area (Å²) in [5.74, 6) is -1.46. The molecule has 1 heterocycles. The van der Waals surface area contributed by atoms with Crippen LogP contribution >= 0.6 is 11.3 Å². The molecule has 0 saturated carbocycles. The van der Waals surface area contributed by atoms with Gasteiger partial charge in [0.2, 0.25) is 5.91 Å². The van der Waals surface area contributed by atoms with E-state index in [1.165, 1.54) is 25.2 Å². The van der Waals surface area contributed by atoms with Crippen LogP contribution in [0.25, 0.3) is 0 Å². The first-order valence-electron chi connectivity index (χ1n) is 4.59. The quantitative estimate of drug-likeness (QED) is 0.774. The van der Waals surface area contributed by atoms with Gasteiger partial charge >= 0.3 is 5.97 Å². The summed E-state index contributed by atoms with van der Waals surface area (Å²) in [5, 5.41) is 13.9. The number of carbonyl (C=O) groups excluding carboxylic acids is 1. The van der Waals surface area contributed by atoms with Crippen molar-refractivity contribution in [3.8, 4) is 0 Å². The fourth-order valence-electron chi connectivity index (χ4n) is 0.959. The number of aromatic nitrogens is 1. The van der Waals surface area contributed by atoms with Crippen LogP contribution in [0, 0.1) is 0 Å². The monoisotopic (exact) mass is 240 g/mol. The predicted octanol–water partition coefficient (Wildman–Crippen LogP) is 1.18. The van der Waals surface area contributed by atoms with Crippen molar-refractivity contribution in [1.29, 1.82) is 0 Å². The molecule has 0 fully saturated rings. The van der Waals surface area contributed by atoms with Gasteiger partial charge in [-0.15, -0.1) is 11.3 Å². The van der Waals surface area contributed by atoms with Gasteiger partial charge in [-0.1, -0.05) is 0 Å². The molecule has 1 aromatic rings. The predicted molar refractivity (Wildman–Crippen MR) is 60.0 cm³/mol. The second-order valence-electron chi connectivity index (χ2n) is 3.16. The van der Waals surface area contributed by atoms with Crippen molar-refractivity contribution < 1.29 is 14.7 Å². The lowest BCUT2D eigenvalue weighted by Gasteiger charge is -2.04. The van der Waals surface area contributed by atoms with Crippen molar-refractivity contribution in [3.63, 3.8) is 0 Å². The van der Waals surface area contributed by atoms with Gasteiger partial charge in [0.05, 0.1) is 6.54 Å². The number of rotatable bonds is 4. The smallest absolute Gasteiger partial charge is 0.331 e. The first kappa shape index (κ1) is 12.4.